The number of nitrogens with zero attached hydrogens (tertiary/aromatic N) is 2. The molecule has 92 valence electrons. The van der Waals surface area contributed by atoms with E-state index in [-0.39, 0.29) is 5.22 Å². The van der Waals surface area contributed by atoms with Crippen molar-refractivity contribution in [3.05, 3.63) is 40.0 Å². The SMILES string of the molecule is CCCn1ncc(Cl)c1C(N)c1ccoc1Cl. The topological polar surface area (TPSA) is 57.0 Å². The second-order valence-electron chi connectivity index (χ2n) is 3.73. The van der Waals surface area contributed by atoms with E-state index in [1.165, 1.54) is 6.26 Å². The van der Waals surface area contributed by atoms with Crippen LogP contribution in [0.5, 0.6) is 0 Å². The van der Waals surface area contributed by atoms with Crippen molar-refractivity contribution >= 4 is 23.2 Å². The third-order valence-electron chi connectivity index (χ3n) is 2.54. The van der Waals surface area contributed by atoms with E-state index in [0.717, 1.165) is 18.7 Å². The van der Waals surface area contributed by atoms with Gasteiger partial charge in [0.25, 0.3) is 0 Å². The van der Waals surface area contributed by atoms with E-state index in [0.29, 0.717) is 10.6 Å². The van der Waals surface area contributed by atoms with Crippen LogP contribution in [0.1, 0.15) is 30.6 Å². The molecule has 17 heavy (non-hydrogen) atoms. The second kappa shape index (κ2) is 5.12. The van der Waals surface area contributed by atoms with E-state index < -0.39 is 6.04 Å². The lowest BCUT2D eigenvalue weighted by atomic mass is 10.1. The lowest BCUT2D eigenvalue weighted by molar-refractivity contribution is 0.548. The molecule has 0 fully saturated rings. The van der Waals surface area contributed by atoms with E-state index >= 15 is 0 Å². The van der Waals surface area contributed by atoms with Gasteiger partial charge in [-0.2, -0.15) is 5.10 Å². The summed E-state index contributed by atoms with van der Waals surface area (Å²) in [5, 5.41) is 5.03. The molecule has 0 aliphatic rings. The highest BCUT2D eigenvalue weighted by molar-refractivity contribution is 6.31. The predicted octanol–water partition coefficient (Wildman–Crippen LogP) is 3.24. The lowest BCUT2D eigenvalue weighted by Crippen LogP contribution is -2.17. The quantitative estimate of drug-likeness (QED) is 0.931. The highest BCUT2D eigenvalue weighted by Crippen LogP contribution is 2.31. The van der Waals surface area contributed by atoms with Gasteiger partial charge in [0, 0.05) is 12.1 Å². The minimum atomic E-state index is -0.428. The number of aromatic nitrogens is 2. The summed E-state index contributed by atoms with van der Waals surface area (Å²) >= 11 is 12.0. The van der Waals surface area contributed by atoms with Crippen molar-refractivity contribution in [2.45, 2.75) is 25.9 Å². The monoisotopic (exact) mass is 273 g/mol. The van der Waals surface area contributed by atoms with Gasteiger partial charge in [-0.15, -0.1) is 0 Å². The summed E-state index contributed by atoms with van der Waals surface area (Å²) in [5.74, 6) is 0. The first kappa shape index (κ1) is 12.5. The first-order valence-electron chi connectivity index (χ1n) is 5.34. The van der Waals surface area contributed by atoms with Crippen molar-refractivity contribution in [1.82, 2.24) is 9.78 Å². The number of halogens is 2. The average Bonchev–Trinajstić information content (AvgIpc) is 2.86. The van der Waals surface area contributed by atoms with Crippen LogP contribution >= 0.6 is 23.2 Å². The van der Waals surface area contributed by atoms with Gasteiger partial charge in [0.15, 0.2) is 5.22 Å². The van der Waals surface area contributed by atoms with Gasteiger partial charge in [-0.1, -0.05) is 18.5 Å². The largest absolute Gasteiger partial charge is 0.453 e. The Morgan fingerprint density at radius 2 is 2.29 bits per heavy atom. The first-order chi connectivity index (χ1) is 8.15. The fourth-order valence-electron chi connectivity index (χ4n) is 1.74. The van der Waals surface area contributed by atoms with Gasteiger partial charge in [-0.05, 0) is 24.1 Å². The van der Waals surface area contributed by atoms with Crippen LogP contribution in [0.15, 0.2) is 22.9 Å². The average molecular weight is 274 g/mol. The van der Waals surface area contributed by atoms with Gasteiger partial charge < -0.3 is 10.2 Å². The standard InChI is InChI=1S/C11H13Cl2N3O/c1-2-4-16-10(8(12)6-15-16)9(14)7-3-5-17-11(7)13/h3,5-6,9H,2,4,14H2,1H3. The summed E-state index contributed by atoms with van der Waals surface area (Å²) in [5.41, 5.74) is 7.62. The first-order valence-corrected chi connectivity index (χ1v) is 6.10. The van der Waals surface area contributed by atoms with E-state index in [4.69, 9.17) is 33.4 Å². The van der Waals surface area contributed by atoms with Crippen molar-refractivity contribution in [1.29, 1.82) is 0 Å². The van der Waals surface area contributed by atoms with Gasteiger partial charge >= 0.3 is 0 Å². The van der Waals surface area contributed by atoms with Crippen molar-refractivity contribution in [3.8, 4) is 0 Å². The number of furan rings is 1. The van der Waals surface area contributed by atoms with Crippen LogP contribution < -0.4 is 5.73 Å². The Labute approximate surface area is 109 Å². The molecule has 6 heteroatoms. The number of nitrogens with two attached hydrogens (primary N) is 1. The van der Waals surface area contributed by atoms with Crippen LogP contribution in [0.3, 0.4) is 0 Å². The van der Waals surface area contributed by atoms with Crippen LogP contribution in [0.4, 0.5) is 0 Å². The van der Waals surface area contributed by atoms with E-state index in [2.05, 4.69) is 12.0 Å². The lowest BCUT2D eigenvalue weighted by Gasteiger charge is -2.13. The minimum Gasteiger partial charge on any atom is -0.453 e. The van der Waals surface area contributed by atoms with Crippen LogP contribution in [-0.2, 0) is 6.54 Å². The van der Waals surface area contributed by atoms with Crippen molar-refractivity contribution in [2.24, 2.45) is 5.73 Å². The smallest absolute Gasteiger partial charge is 0.198 e. The Balaban J connectivity index is 2.39. The Hall–Kier alpha value is -0.970. The highest BCUT2D eigenvalue weighted by atomic mass is 35.5. The summed E-state index contributed by atoms with van der Waals surface area (Å²) in [6.07, 6.45) is 4.06. The fourth-order valence-corrected chi connectivity index (χ4v) is 2.24. The maximum atomic E-state index is 6.15. The summed E-state index contributed by atoms with van der Waals surface area (Å²) in [6, 6.07) is 1.31. The Bertz CT molecular complexity index is 507. The van der Waals surface area contributed by atoms with E-state index in [1.54, 1.807) is 16.9 Å². The zero-order chi connectivity index (χ0) is 12.4. The summed E-state index contributed by atoms with van der Waals surface area (Å²) in [4.78, 5) is 0. The molecule has 2 heterocycles. The summed E-state index contributed by atoms with van der Waals surface area (Å²) < 4.78 is 6.84. The zero-order valence-electron chi connectivity index (χ0n) is 9.36. The molecule has 0 aliphatic carbocycles. The molecule has 2 N–H and O–H groups in total. The molecule has 1 unspecified atom stereocenters. The number of hydrogen-bond donors (Lipinski definition) is 1. The van der Waals surface area contributed by atoms with Crippen molar-refractivity contribution in [2.75, 3.05) is 0 Å². The molecule has 4 nitrogen and oxygen atoms in total. The number of aryl methyl sites for hydroxylation is 1. The Morgan fingerprint density at radius 3 is 2.88 bits per heavy atom. The molecule has 0 bridgehead atoms. The molecule has 1 atom stereocenters. The third kappa shape index (κ3) is 2.34. The van der Waals surface area contributed by atoms with Gasteiger partial charge in [0.1, 0.15) is 0 Å². The molecule has 0 aromatic carbocycles. The van der Waals surface area contributed by atoms with Crippen LogP contribution in [0, 0.1) is 0 Å². The van der Waals surface area contributed by atoms with E-state index in [9.17, 15) is 0 Å². The normalized spacial score (nSPS) is 12.9. The molecular weight excluding hydrogens is 261 g/mol. The van der Waals surface area contributed by atoms with Gasteiger partial charge in [-0.25, -0.2) is 0 Å². The maximum absolute atomic E-state index is 6.15. The fraction of sp³-hybridized carbons (Fsp3) is 0.364. The van der Waals surface area contributed by atoms with Gasteiger partial charge in [0.05, 0.1) is 29.2 Å². The second-order valence-corrected chi connectivity index (χ2v) is 4.48. The Morgan fingerprint density at radius 1 is 1.53 bits per heavy atom. The van der Waals surface area contributed by atoms with Crippen LogP contribution in [0.2, 0.25) is 10.2 Å². The molecule has 0 radical (unpaired) electrons. The molecule has 2 aromatic rings. The molecule has 0 aliphatic heterocycles. The van der Waals surface area contributed by atoms with E-state index in [1.807, 2.05) is 0 Å². The van der Waals surface area contributed by atoms with Crippen molar-refractivity contribution in [3.63, 3.8) is 0 Å². The molecule has 0 amide bonds. The van der Waals surface area contributed by atoms with Crippen molar-refractivity contribution < 1.29 is 4.42 Å². The zero-order valence-corrected chi connectivity index (χ0v) is 10.9. The maximum Gasteiger partial charge on any atom is 0.198 e. The number of hydrogen-bond acceptors (Lipinski definition) is 3. The van der Waals surface area contributed by atoms with Gasteiger partial charge in [-0.3, -0.25) is 4.68 Å². The molecule has 2 aromatic heterocycles. The molecule has 2 rings (SSSR count). The minimum absolute atomic E-state index is 0.290. The molecule has 0 spiro atoms. The van der Waals surface area contributed by atoms with Crippen LogP contribution in [0.25, 0.3) is 0 Å². The van der Waals surface area contributed by atoms with Gasteiger partial charge in [0.2, 0.25) is 0 Å². The predicted molar refractivity (Wildman–Crippen MR) is 67.3 cm³/mol. The number of rotatable bonds is 4. The Kier molecular flexibility index (Phi) is 3.76. The molecule has 0 saturated heterocycles. The molecule has 0 saturated carbocycles. The third-order valence-corrected chi connectivity index (χ3v) is 3.14. The van der Waals surface area contributed by atoms with Crippen LogP contribution in [-0.4, -0.2) is 9.78 Å². The molecular formula is C11H13Cl2N3O. The summed E-state index contributed by atoms with van der Waals surface area (Å²) in [6.45, 7) is 2.83. The summed E-state index contributed by atoms with van der Waals surface area (Å²) in [7, 11) is 0. The highest BCUT2D eigenvalue weighted by Gasteiger charge is 2.21.